The van der Waals surface area contributed by atoms with Crippen molar-refractivity contribution < 1.29 is 13.2 Å². The summed E-state index contributed by atoms with van der Waals surface area (Å²) in [4.78, 5) is 13.6. The van der Waals surface area contributed by atoms with E-state index in [9.17, 15) is 13.2 Å². The maximum Gasteiger partial charge on any atom is 0.252 e. The van der Waals surface area contributed by atoms with Crippen LogP contribution in [0.4, 0.5) is 0 Å². The molecule has 6 rings (SSSR count). The van der Waals surface area contributed by atoms with Crippen molar-refractivity contribution in [1.82, 2.24) is 9.62 Å². The molecule has 1 N–H and O–H groups in total. The van der Waals surface area contributed by atoms with Gasteiger partial charge in [-0.15, -0.1) is 0 Å². The van der Waals surface area contributed by atoms with Crippen molar-refractivity contribution in [2.24, 2.45) is 17.8 Å². The predicted molar refractivity (Wildman–Crippen MR) is 117 cm³/mol. The van der Waals surface area contributed by atoms with Gasteiger partial charge in [-0.2, -0.15) is 4.31 Å². The third-order valence-corrected chi connectivity index (χ3v) is 10.2. The fourth-order valence-electron chi connectivity index (χ4n) is 7.14. The fourth-order valence-corrected chi connectivity index (χ4v) is 8.87. The zero-order valence-electron chi connectivity index (χ0n) is 18.2. The highest BCUT2D eigenvalue weighted by atomic mass is 32.2. The van der Waals surface area contributed by atoms with Crippen molar-refractivity contribution in [3.8, 4) is 0 Å². The van der Waals surface area contributed by atoms with E-state index in [0.29, 0.717) is 12.1 Å². The highest BCUT2D eigenvalue weighted by Crippen LogP contribution is 2.55. The monoisotopic (exact) mass is 430 g/mol. The standard InChI is InChI=1S/C24H34N2O3S/c1-16-6-7-21(30(28,29)26-8-4-3-5-17(26)2)12-22(16)23(27)25-24-13-18-9-19(14-24)11-20(10-18)15-24/h6-7,12,17-20H,3-5,8-11,13-15H2,1-2H3,(H,25,27). The summed E-state index contributed by atoms with van der Waals surface area (Å²) in [6.45, 7) is 4.44. The number of sulfonamides is 1. The van der Waals surface area contributed by atoms with E-state index >= 15 is 0 Å². The molecule has 5 fully saturated rings. The van der Waals surface area contributed by atoms with Crippen LogP contribution in [-0.2, 0) is 10.0 Å². The third kappa shape index (κ3) is 3.50. The molecule has 4 aliphatic carbocycles. The Morgan fingerprint density at radius 1 is 1.07 bits per heavy atom. The molecule has 1 aliphatic heterocycles. The van der Waals surface area contributed by atoms with Crippen molar-refractivity contribution in [2.75, 3.05) is 6.54 Å². The third-order valence-electron chi connectivity index (χ3n) is 8.22. The molecule has 5 aliphatic rings. The molecule has 164 valence electrons. The van der Waals surface area contributed by atoms with Gasteiger partial charge in [0.05, 0.1) is 4.90 Å². The minimum absolute atomic E-state index is 0.00866. The molecule has 1 heterocycles. The van der Waals surface area contributed by atoms with Gasteiger partial charge in [0.1, 0.15) is 0 Å². The normalized spacial score (nSPS) is 36.1. The highest BCUT2D eigenvalue weighted by molar-refractivity contribution is 7.89. The molecule has 1 aromatic rings. The minimum atomic E-state index is -3.58. The average Bonchev–Trinajstić information content (AvgIpc) is 2.66. The van der Waals surface area contributed by atoms with Crippen LogP contribution in [-0.4, -0.2) is 36.8 Å². The van der Waals surface area contributed by atoms with Crippen LogP contribution >= 0.6 is 0 Å². The van der Waals surface area contributed by atoms with Gasteiger partial charge in [-0.25, -0.2) is 8.42 Å². The molecule has 4 bridgehead atoms. The van der Waals surface area contributed by atoms with Crippen LogP contribution in [0.15, 0.2) is 23.1 Å². The maximum atomic E-state index is 13.4. The first kappa shape index (κ1) is 20.5. The summed E-state index contributed by atoms with van der Waals surface area (Å²) in [6, 6.07) is 5.07. The molecule has 1 unspecified atom stereocenters. The van der Waals surface area contributed by atoms with E-state index < -0.39 is 10.0 Å². The van der Waals surface area contributed by atoms with E-state index in [-0.39, 0.29) is 22.4 Å². The molecular formula is C24H34N2O3S. The molecule has 5 nitrogen and oxygen atoms in total. The van der Waals surface area contributed by atoms with E-state index in [1.165, 1.54) is 19.3 Å². The van der Waals surface area contributed by atoms with Gasteiger partial charge in [0, 0.05) is 23.7 Å². The van der Waals surface area contributed by atoms with Gasteiger partial charge < -0.3 is 5.32 Å². The largest absolute Gasteiger partial charge is 0.347 e. The second-order valence-electron chi connectivity index (χ2n) is 10.6. The Bertz CT molecular complexity index is 920. The Morgan fingerprint density at radius 3 is 2.30 bits per heavy atom. The summed E-state index contributed by atoms with van der Waals surface area (Å²) >= 11 is 0. The number of amides is 1. The second-order valence-corrected chi connectivity index (χ2v) is 12.5. The molecule has 0 spiro atoms. The Kier molecular flexibility index (Phi) is 5.01. The second kappa shape index (κ2) is 7.33. The van der Waals surface area contributed by atoms with Crippen LogP contribution < -0.4 is 5.32 Å². The first-order valence-corrected chi connectivity index (χ1v) is 13.1. The average molecular weight is 431 g/mol. The van der Waals surface area contributed by atoms with Gasteiger partial charge >= 0.3 is 0 Å². The smallest absolute Gasteiger partial charge is 0.252 e. The predicted octanol–water partition coefficient (Wildman–Crippen LogP) is 4.26. The first-order chi connectivity index (χ1) is 14.3. The van der Waals surface area contributed by atoms with Gasteiger partial charge in [-0.3, -0.25) is 4.79 Å². The lowest BCUT2D eigenvalue weighted by Crippen LogP contribution is -2.59. The van der Waals surface area contributed by atoms with Crippen LogP contribution in [0.3, 0.4) is 0 Å². The van der Waals surface area contributed by atoms with Crippen LogP contribution in [0.5, 0.6) is 0 Å². The Hall–Kier alpha value is -1.40. The highest BCUT2D eigenvalue weighted by Gasteiger charge is 2.51. The summed E-state index contributed by atoms with van der Waals surface area (Å²) in [5, 5.41) is 3.40. The SMILES string of the molecule is Cc1ccc(S(=O)(=O)N2CCCCC2C)cc1C(=O)NC12CC3CC(CC(C3)C1)C2. The quantitative estimate of drug-likeness (QED) is 0.776. The zero-order chi connectivity index (χ0) is 21.1. The van der Waals surface area contributed by atoms with E-state index in [1.807, 2.05) is 13.8 Å². The van der Waals surface area contributed by atoms with Gasteiger partial charge in [0.15, 0.2) is 0 Å². The summed E-state index contributed by atoms with van der Waals surface area (Å²) in [6.07, 6.45) is 10.1. The number of hydrogen-bond donors (Lipinski definition) is 1. The van der Waals surface area contributed by atoms with Crippen LogP contribution in [0, 0.1) is 24.7 Å². The van der Waals surface area contributed by atoms with Gasteiger partial charge in [-0.05, 0) is 101 Å². The molecule has 0 radical (unpaired) electrons. The topological polar surface area (TPSA) is 66.5 Å². The van der Waals surface area contributed by atoms with E-state index in [0.717, 1.165) is 61.8 Å². The number of rotatable bonds is 4. The molecule has 6 heteroatoms. The number of carbonyl (C=O) groups excluding carboxylic acids is 1. The van der Waals surface area contributed by atoms with Gasteiger partial charge in [0.2, 0.25) is 10.0 Å². The molecule has 0 aromatic heterocycles. The zero-order valence-corrected chi connectivity index (χ0v) is 19.0. The number of nitrogens with one attached hydrogen (secondary N) is 1. The number of benzene rings is 1. The lowest BCUT2D eigenvalue weighted by Gasteiger charge is -2.56. The molecular weight excluding hydrogens is 396 g/mol. The fraction of sp³-hybridized carbons (Fsp3) is 0.708. The molecule has 1 aromatic carbocycles. The lowest BCUT2D eigenvalue weighted by atomic mass is 9.53. The molecule has 1 amide bonds. The maximum absolute atomic E-state index is 13.4. The summed E-state index contributed by atoms with van der Waals surface area (Å²) < 4.78 is 28.2. The summed E-state index contributed by atoms with van der Waals surface area (Å²) in [5.41, 5.74) is 1.27. The van der Waals surface area contributed by atoms with Crippen LogP contribution in [0.25, 0.3) is 0 Å². The van der Waals surface area contributed by atoms with Crippen molar-refractivity contribution in [2.45, 2.75) is 88.1 Å². The van der Waals surface area contributed by atoms with Gasteiger partial charge in [0.25, 0.3) is 5.91 Å². The first-order valence-electron chi connectivity index (χ1n) is 11.7. The van der Waals surface area contributed by atoms with Crippen molar-refractivity contribution >= 4 is 15.9 Å². The van der Waals surface area contributed by atoms with E-state index in [2.05, 4.69) is 5.32 Å². The number of hydrogen-bond acceptors (Lipinski definition) is 3. The summed E-state index contributed by atoms with van der Waals surface area (Å²) in [5.74, 6) is 2.16. The Labute approximate surface area is 180 Å². The van der Waals surface area contributed by atoms with Crippen molar-refractivity contribution in [3.63, 3.8) is 0 Å². The molecule has 4 saturated carbocycles. The van der Waals surface area contributed by atoms with E-state index in [1.54, 1.807) is 22.5 Å². The number of carbonyl (C=O) groups is 1. The Balaban J connectivity index is 1.40. The molecule has 1 atom stereocenters. The summed E-state index contributed by atoms with van der Waals surface area (Å²) in [7, 11) is -3.58. The lowest BCUT2D eigenvalue weighted by molar-refractivity contribution is -0.0167. The molecule has 1 saturated heterocycles. The molecule has 30 heavy (non-hydrogen) atoms. The Morgan fingerprint density at radius 2 is 1.70 bits per heavy atom. The number of piperidine rings is 1. The minimum Gasteiger partial charge on any atom is -0.347 e. The number of aryl methyl sites for hydroxylation is 1. The van der Waals surface area contributed by atoms with Crippen molar-refractivity contribution in [3.05, 3.63) is 29.3 Å². The van der Waals surface area contributed by atoms with Crippen LogP contribution in [0.2, 0.25) is 0 Å². The number of nitrogens with zero attached hydrogens (tertiary/aromatic N) is 1. The van der Waals surface area contributed by atoms with Crippen molar-refractivity contribution in [1.29, 1.82) is 0 Å². The van der Waals surface area contributed by atoms with E-state index in [4.69, 9.17) is 0 Å². The van der Waals surface area contributed by atoms with Crippen LogP contribution in [0.1, 0.15) is 80.6 Å². The van der Waals surface area contributed by atoms with Gasteiger partial charge in [-0.1, -0.05) is 12.5 Å².